The number of imidazole rings is 1. The highest BCUT2D eigenvalue weighted by Gasteiger charge is 2.22. The zero-order chi connectivity index (χ0) is 19.0. The van der Waals surface area contributed by atoms with Crippen molar-refractivity contribution >= 4 is 17.5 Å². The van der Waals surface area contributed by atoms with E-state index in [4.69, 9.17) is 26.7 Å². The van der Waals surface area contributed by atoms with E-state index in [0.29, 0.717) is 11.6 Å². The first-order chi connectivity index (χ1) is 13.1. The van der Waals surface area contributed by atoms with Gasteiger partial charge in [-0.15, -0.1) is 0 Å². The van der Waals surface area contributed by atoms with Crippen molar-refractivity contribution in [3.05, 3.63) is 65.4 Å². The number of hydrogen-bond donors (Lipinski definition) is 3. The van der Waals surface area contributed by atoms with Gasteiger partial charge in [0.15, 0.2) is 0 Å². The van der Waals surface area contributed by atoms with E-state index in [9.17, 15) is 0 Å². The number of aromatic nitrogens is 2. The van der Waals surface area contributed by atoms with E-state index in [0.717, 1.165) is 46.6 Å². The van der Waals surface area contributed by atoms with Gasteiger partial charge in [-0.25, -0.2) is 9.66 Å². The Kier molecular flexibility index (Phi) is 4.12. The van der Waals surface area contributed by atoms with Crippen LogP contribution >= 0.6 is 0 Å². The first kappa shape index (κ1) is 16.8. The smallest absolute Gasteiger partial charge is 0.221 e. The number of benzene rings is 2. The molecule has 1 aliphatic rings. The monoisotopic (exact) mass is 360 g/mol. The maximum Gasteiger partial charge on any atom is 0.221 e. The van der Waals surface area contributed by atoms with E-state index in [-0.39, 0.29) is 5.84 Å². The Bertz CT molecular complexity index is 1070. The molecule has 5 N–H and O–H groups in total. The van der Waals surface area contributed by atoms with Crippen molar-refractivity contribution in [3.63, 3.8) is 0 Å². The van der Waals surface area contributed by atoms with Gasteiger partial charge in [-0.1, -0.05) is 30.3 Å². The summed E-state index contributed by atoms with van der Waals surface area (Å²) in [6.45, 7) is 0. The molecule has 7 nitrogen and oxygen atoms in total. The van der Waals surface area contributed by atoms with Crippen LogP contribution in [0.2, 0.25) is 0 Å². The summed E-state index contributed by atoms with van der Waals surface area (Å²) in [5.41, 5.74) is 17.1. The lowest BCUT2D eigenvalue weighted by Gasteiger charge is -2.06. The standard InChI is InChI=1S/C20H20N6O/c1-27-18-8-3-2-5-15(18)17-11-26(20(23)24-17)25-16-10-9-12-13(16)6-4-7-14(12)19(21)22/h2-8,11H,9-10H2,1H3,(H3,21,22)(H2,23,24)/b25-16+. The summed E-state index contributed by atoms with van der Waals surface area (Å²) in [4.78, 5) is 4.43. The Morgan fingerprint density at radius 1 is 1.15 bits per heavy atom. The Hall–Kier alpha value is -3.61. The first-order valence-corrected chi connectivity index (χ1v) is 8.61. The molecule has 0 spiro atoms. The number of anilines is 1. The number of nitrogens with two attached hydrogens (primary N) is 2. The number of nitrogens with one attached hydrogen (secondary N) is 1. The minimum Gasteiger partial charge on any atom is -0.496 e. The van der Waals surface area contributed by atoms with Gasteiger partial charge in [-0.2, -0.15) is 5.10 Å². The minimum atomic E-state index is 0.0775. The molecule has 0 radical (unpaired) electrons. The molecule has 0 saturated heterocycles. The largest absolute Gasteiger partial charge is 0.496 e. The van der Waals surface area contributed by atoms with Gasteiger partial charge in [-0.05, 0) is 30.5 Å². The normalized spacial score (nSPS) is 14.3. The third-order valence-electron chi connectivity index (χ3n) is 4.71. The maximum absolute atomic E-state index is 7.75. The molecule has 7 heteroatoms. The fraction of sp³-hybridized carbons (Fsp3) is 0.150. The van der Waals surface area contributed by atoms with E-state index in [1.807, 2.05) is 42.5 Å². The molecular formula is C20H20N6O. The van der Waals surface area contributed by atoms with Crippen molar-refractivity contribution in [2.24, 2.45) is 10.8 Å². The second-order valence-corrected chi connectivity index (χ2v) is 6.32. The zero-order valence-electron chi connectivity index (χ0n) is 14.9. The van der Waals surface area contributed by atoms with E-state index < -0.39 is 0 Å². The van der Waals surface area contributed by atoms with Gasteiger partial charge in [0.2, 0.25) is 5.95 Å². The van der Waals surface area contributed by atoms with Crippen LogP contribution in [0.3, 0.4) is 0 Å². The molecule has 0 atom stereocenters. The molecule has 1 aromatic heterocycles. The molecule has 0 unspecified atom stereocenters. The molecule has 0 saturated carbocycles. The summed E-state index contributed by atoms with van der Waals surface area (Å²) in [6.07, 6.45) is 3.37. The number of hydrogen-bond acceptors (Lipinski definition) is 5. The minimum absolute atomic E-state index is 0.0775. The van der Waals surface area contributed by atoms with Crippen LogP contribution in [0.5, 0.6) is 5.75 Å². The number of nitrogen functional groups attached to an aromatic ring is 2. The molecule has 2 aromatic carbocycles. The highest BCUT2D eigenvalue weighted by atomic mass is 16.5. The highest BCUT2D eigenvalue weighted by molar-refractivity contribution is 6.08. The van der Waals surface area contributed by atoms with Crippen molar-refractivity contribution < 1.29 is 4.74 Å². The van der Waals surface area contributed by atoms with Gasteiger partial charge in [-0.3, -0.25) is 5.41 Å². The van der Waals surface area contributed by atoms with Crippen LogP contribution in [0.25, 0.3) is 11.3 Å². The zero-order valence-corrected chi connectivity index (χ0v) is 14.9. The molecule has 4 rings (SSSR count). The van der Waals surface area contributed by atoms with Gasteiger partial charge in [0.25, 0.3) is 0 Å². The fourth-order valence-electron chi connectivity index (χ4n) is 3.44. The van der Waals surface area contributed by atoms with E-state index in [2.05, 4.69) is 4.98 Å². The fourth-order valence-corrected chi connectivity index (χ4v) is 3.44. The van der Waals surface area contributed by atoms with Crippen molar-refractivity contribution in [1.82, 2.24) is 9.66 Å². The van der Waals surface area contributed by atoms with Crippen LogP contribution in [0, 0.1) is 5.41 Å². The third-order valence-corrected chi connectivity index (χ3v) is 4.71. The molecule has 1 heterocycles. The predicted molar refractivity (Wildman–Crippen MR) is 106 cm³/mol. The number of fused-ring (bicyclic) bond motifs is 1. The summed E-state index contributed by atoms with van der Waals surface area (Å²) in [5, 5.41) is 12.4. The van der Waals surface area contributed by atoms with Gasteiger partial charge >= 0.3 is 0 Å². The molecule has 1 aliphatic carbocycles. The maximum atomic E-state index is 7.75. The Morgan fingerprint density at radius 2 is 1.93 bits per heavy atom. The van der Waals surface area contributed by atoms with Gasteiger partial charge in [0, 0.05) is 16.7 Å². The van der Waals surface area contributed by atoms with Crippen molar-refractivity contribution in [1.29, 1.82) is 5.41 Å². The first-order valence-electron chi connectivity index (χ1n) is 8.61. The number of ether oxygens (including phenoxy) is 1. The molecule has 3 aromatic rings. The van der Waals surface area contributed by atoms with Crippen molar-refractivity contribution in [2.75, 3.05) is 12.8 Å². The van der Waals surface area contributed by atoms with E-state index in [1.165, 1.54) is 0 Å². The van der Waals surface area contributed by atoms with Crippen LogP contribution in [0.4, 0.5) is 5.95 Å². The number of methoxy groups -OCH3 is 1. The van der Waals surface area contributed by atoms with Crippen molar-refractivity contribution in [3.8, 4) is 17.0 Å². The van der Waals surface area contributed by atoms with E-state index >= 15 is 0 Å². The molecule has 0 bridgehead atoms. The quantitative estimate of drug-likeness (QED) is 0.490. The molecule has 0 aliphatic heterocycles. The average Bonchev–Trinajstić information content (AvgIpc) is 3.25. The van der Waals surface area contributed by atoms with Gasteiger partial charge in [0.1, 0.15) is 11.6 Å². The summed E-state index contributed by atoms with van der Waals surface area (Å²) in [7, 11) is 1.63. The van der Waals surface area contributed by atoms with Crippen LogP contribution in [-0.2, 0) is 6.42 Å². The number of para-hydroxylation sites is 1. The molecule has 136 valence electrons. The van der Waals surface area contributed by atoms with Crippen LogP contribution in [0.1, 0.15) is 23.1 Å². The Morgan fingerprint density at radius 3 is 2.70 bits per heavy atom. The van der Waals surface area contributed by atoms with Gasteiger partial charge in [0.05, 0.1) is 24.7 Å². The van der Waals surface area contributed by atoms with Gasteiger partial charge < -0.3 is 16.2 Å². The van der Waals surface area contributed by atoms with Crippen LogP contribution < -0.4 is 16.2 Å². The summed E-state index contributed by atoms with van der Waals surface area (Å²) in [5.74, 6) is 1.11. The average molecular weight is 360 g/mol. The topological polar surface area (TPSA) is 115 Å². The summed E-state index contributed by atoms with van der Waals surface area (Å²) >= 11 is 0. The number of amidine groups is 1. The highest BCUT2D eigenvalue weighted by Crippen LogP contribution is 2.30. The van der Waals surface area contributed by atoms with E-state index in [1.54, 1.807) is 18.0 Å². The number of rotatable bonds is 4. The lowest BCUT2D eigenvalue weighted by Crippen LogP contribution is -2.13. The van der Waals surface area contributed by atoms with Crippen LogP contribution in [0.15, 0.2) is 53.8 Å². The number of nitrogens with zero attached hydrogens (tertiary/aromatic N) is 3. The molecule has 0 fully saturated rings. The lowest BCUT2D eigenvalue weighted by atomic mass is 10.0. The Labute approximate surface area is 156 Å². The molecule has 0 amide bonds. The van der Waals surface area contributed by atoms with Crippen LogP contribution in [-0.4, -0.2) is 28.3 Å². The SMILES string of the molecule is COc1ccccc1-c1cn(/N=C2\CCc3c(C(=N)N)cccc32)c(N)n1. The van der Waals surface area contributed by atoms with Crippen molar-refractivity contribution in [2.45, 2.75) is 12.8 Å². The molecule has 27 heavy (non-hydrogen) atoms. The third kappa shape index (κ3) is 2.93. The second kappa shape index (κ2) is 6.60. The summed E-state index contributed by atoms with van der Waals surface area (Å²) in [6, 6.07) is 13.4. The predicted octanol–water partition coefficient (Wildman–Crippen LogP) is 2.62. The summed E-state index contributed by atoms with van der Waals surface area (Å²) < 4.78 is 7.00. The Balaban J connectivity index is 1.75. The second-order valence-electron chi connectivity index (χ2n) is 6.32. The molecular weight excluding hydrogens is 340 g/mol. The lowest BCUT2D eigenvalue weighted by molar-refractivity contribution is 0.416.